The lowest BCUT2D eigenvalue weighted by Gasteiger charge is -2.35. The van der Waals surface area contributed by atoms with Gasteiger partial charge in [-0.15, -0.1) is 0 Å². The molecule has 0 radical (unpaired) electrons. The summed E-state index contributed by atoms with van der Waals surface area (Å²) in [6.45, 7) is 22.0. The summed E-state index contributed by atoms with van der Waals surface area (Å²) in [7, 11) is 0. The van der Waals surface area contributed by atoms with Crippen LogP contribution in [0.4, 0.5) is 0 Å². The maximum Gasteiger partial charge on any atom is 0.00474 e. The molecule has 18 heavy (non-hydrogen) atoms. The fourth-order valence-electron chi connectivity index (χ4n) is 2.32. The van der Waals surface area contributed by atoms with Crippen LogP contribution in [0, 0.1) is 17.3 Å². The van der Waals surface area contributed by atoms with E-state index in [0.717, 1.165) is 31.5 Å². The Kier molecular flexibility index (Phi) is 8.89. The van der Waals surface area contributed by atoms with Gasteiger partial charge >= 0.3 is 0 Å². The van der Waals surface area contributed by atoms with Crippen molar-refractivity contribution in [1.82, 2.24) is 10.2 Å². The van der Waals surface area contributed by atoms with Crippen molar-refractivity contribution in [2.24, 2.45) is 17.3 Å². The summed E-state index contributed by atoms with van der Waals surface area (Å²) >= 11 is 0. The zero-order chi connectivity index (χ0) is 14.2. The summed E-state index contributed by atoms with van der Waals surface area (Å²) in [5, 5.41) is 3.63. The Morgan fingerprint density at radius 3 is 2.06 bits per heavy atom. The lowest BCUT2D eigenvalue weighted by molar-refractivity contribution is 0.147. The highest BCUT2D eigenvalue weighted by molar-refractivity contribution is 4.80. The zero-order valence-corrected chi connectivity index (χ0v) is 13.8. The molecule has 0 aliphatic heterocycles. The van der Waals surface area contributed by atoms with E-state index in [1.807, 2.05) is 0 Å². The summed E-state index contributed by atoms with van der Waals surface area (Å²) in [5.41, 5.74) is 0.403. The summed E-state index contributed by atoms with van der Waals surface area (Å²) in [6, 6.07) is 0. The van der Waals surface area contributed by atoms with E-state index in [0.29, 0.717) is 5.41 Å². The van der Waals surface area contributed by atoms with E-state index < -0.39 is 0 Å². The molecule has 110 valence electrons. The van der Waals surface area contributed by atoms with Crippen LogP contribution in [0.3, 0.4) is 0 Å². The Labute approximate surface area is 116 Å². The third-order valence-electron chi connectivity index (χ3n) is 3.63. The molecule has 0 amide bonds. The molecule has 1 N–H and O–H groups in total. The first-order valence-electron chi connectivity index (χ1n) is 7.76. The summed E-state index contributed by atoms with van der Waals surface area (Å²) < 4.78 is 0. The molecule has 0 aromatic carbocycles. The summed E-state index contributed by atoms with van der Waals surface area (Å²) in [4.78, 5) is 2.60. The van der Waals surface area contributed by atoms with E-state index in [1.165, 1.54) is 19.5 Å². The Morgan fingerprint density at radius 2 is 1.67 bits per heavy atom. The van der Waals surface area contributed by atoms with E-state index in [-0.39, 0.29) is 0 Å². The van der Waals surface area contributed by atoms with Crippen molar-refractivity contribution in [3.63, 3.8) is 0 Å². The van der Waals surface area contributed by atoms with Crippen LogP contribution in [0.2, 0.25) is 0 Å². The van der Waals surface area contributed by atoms with Crippen LogP contribution in [-0.2, 0) is 0 Å². The molecule has 0 bridgehead atoms. The fourth-order valence-corrected chi connectivity index (χ4v) is 2.32. The second-order valence-electron chi connectivity index (χ2n) is 6.91. The first-order chi connectivity index (χ1) is 8.33. The molecule has 0 aliphatic rings. The quantitative estimate of drug-likeness (QED) is 0.642. The van der Waals surface area contributed by atoms with Gasteiger partial charge in [0, 0.05) is 19.6 Å². The van der Waals surface area contributed by atoms with E-state index in [1.54, 1.807) is 0 Å². The van der Waals surface area contributed by atoms with Crippen molar-refractivity contribution in [1.29, 1.82) is 0 Å². The SMILES string of the molecule is CCN(CC(C)C)CC(C)(CC)CNCC(C)C. The molecule has 2 heteroatoms. The topological polar surface area (TPSA) is 15.3 Å². The van der Waals surface area contributed by atoms with Crippen molar-refractivity contribution in [2.45, 2.75) is 54.9 Å². The zero-order valence-electron chi connectivity index (χ0n) is 13.8. The van der Waals surface area contributed by atoms with Crippen LogP contribution in [0.1, 0.15) is 54.9 Å². The highest BCUT2D eigenvalue weighted by atomic mass is 15.1. The molecule has 1 unspecified atom stereocenters. The molecule has 0 aromatic rings. The van der Waals surface area contributed by atoms with Crippen molar-refractivity contribution >= 4 is 0 Å². The molecule has 2 nitrogen and oxygen atoms in total. The van der Waals surface area contributed by atoms with Crippen LogP contribution in [0.25, 0.3) is 0 Å². The van der Waals surface area contributed by atoms with Gasteiger partial charge in [-0.25, -0.2) is 0 Å². The van der Waals surface area contributed by atoms with Gasteiger partial charge in [0.25, 0.3) is 0 Å². The monoisotopic (exact) mass is 256 g/mol. The van der Waals surface area contributed by atoms with Crippen LogP contribution in [-0.4, -0.2) is 37.6 Å². The van der Waals surface area contributed by atoms with Crippen LogP contribution in [0.15, 0.2) is 0 Å². The molecule has 0 aliphatic carbocycles. The molecule has 0 saturated heterocycles. The Morgan fingerprint density at radius 1 is 1.06 bits per heavy atom. The van der Waals surface area contributed by atoms with E-state index in [4.69, 9.17) is 0 Å². The van der Waals surface area contributed by atoms with Gasteiger partial charge in [0.1, 0.15) is 0 Å². The minimum atomic E-state index is 0.403. The molecule has 0 saturated carbocycles. The van der Waals surface area contributed by atoms with E-state index in [9.17, 15) is 0 Å². The molecule has 1 atom stereocenters. The maximum atomic E-state index is 3.63. The largest absolute Gasteiger partial charge is 0.316 e. The highest BCUT2D eigenvalue weighted by Gasteiger charge is 2.24. The lowest BCUT2D eigenvalue weighted by Crippen LogP contribution is -2.43. The number of nitrogens with one attached hydrogen (secondary N) is 1. The molecule has 0 heterocycles. The second-order valence-corrected chi connectivity index (χ2v) is 6.91. The van der Waals surface area contributed by atoms with Gasteiger partial charge in [-0.2, -0.15) is 0 Å². The standard InChI is InChI=1S/C16H36N2/c1-8-16(7,12-17-10-14(3)4)13-18(9-2)11-15(5)6/h14-15,17H,8-13H2,1-7H3. The number of hydrogen-bond donors (Lipinski definition) is 1. The van der Waals surface area contributed by atoms with E-state index >= 15 is 0 Å². The van der Waals surface area contributed by atoms with Crippen molar-refractivity contribution in [2.75, 3.05) is 32.7 Å². The molecular weight excluding hydrogens is 220 g/mol. The number of nitrogens with zero attached hydrogens (tertiary/aromatic N) is 1. The van der Waals surface area contributed by atoms with Crippen LogP contribution < -0.4 is 5.32 Å². The number of hydrogen-bond acceptors (Lipinski definition) is 2. The normalized spacial score (nSPS) is 15.7. The van der Waals surface area contributed by atoms with Crippen molar-refractivity contribution in [3.8, 4) is 0 Å². The van der Waals surface area contributed by atoms with Gasteiger partial charge < -0.3 is 10.2 Å². The molecular formula is C16H36N2. The number of rotatable bonds is 10. The smallest absolute Gasteiger partial charge is 0.00474 e. The average molecular weight is 256 g/mol. The lowest BCUT2D eigenvalue weighted by atomic mass is 9.86. The minimum Gasteiger partial charge on any atom is -0.316 e. The second kappa shape index (κ2) is 8.92. The molecule has 0 rings (SSSR count). The van der Waals surface area contributed by atoms with Gasteiger partial charge in [-0.3, -0.25) is 0 Å². The third-order valence-corrected chi connectivity index (χ3v) is 3.63. The maximum absolute atomic E-state index is 3.63. The molecule has 0 fully saturated rings. The minimum absolute atomic E-state index is 0.403. The summed E-state index contributed by atoms with van der Waals surface area (Å²) in [5.74, 6) is 1.50. The van der Waals surface area contributed by atoms with Gasteiger partial charge in [0.05, 0.1) is 0 Å². The first kappa shape index (κ1) is 17.9. The molecule has 0 aromatic heterocycles. The van der Waals surface area contributed by atoms with Crippen LogP contribution in [0.5, 0.6) is 0 Å². The highest BCUT2D eigenvalue weighted by Crippen LogP contribution is 2.22. The predicted octanol–water partition coefficient (Wildman–Crippen LogP) is 3.63. The first-order valence-corrected chi connectivity index (χ1v) is 7.76. The van der Waals surface area contributed by atoms with Gasteiger partial charge in [-0.05, 0) is 36.8 Å². The van der Waals surface area contributed by atoms with Gasteiger partial charge in [0.2, 0.25) is 0 Å². The van der Waals surface area contributed by atoms with Crippen molar-refractivity contribution < 1.29 is 0 Å². The van der Waals surface area contributed by atoms with E-state index in [2.05, 4.69) is 58.7 Å². The Balaban J connectivity index is 4.25. The van der Waals surface area contributed by atoms with Crippen molar-refractivity contribution in [3.05, 3.63) is 0 Å². The average Bonchev–Trinajstić information content (AvgIpc) is 2.27. The molecule has 0 spiro atoms. The van der Waals surface area contributed by atoms with Crippen LogP contribution >= 0.6 is 0 Å². The third kappa shape index (κ3) is 8.10. The van der Waals surface area contributed by atoms with Gasteiger partial charge in [0.15, 0.2) is 0 Å². The Hall–Kier alpha value is -0.0800. The fraction of sp³-hybridized carbons (Fsp3) is 1.00. The predicted molar refractivity (Wildman–Crippen MR) is 83.1 cm³/mol. The Bertz CT molecular complexity index is 201. The summed E-state index contributed by atoms with van der Waals surface area (Å²) in [6.07, 6.45) is 1.24. The van der Waals surface area contributed by atoms with Gasteiger partial charge in [-0.1, -0.05) is 48.5 Å².